The summed E-state index contributed by atoms with van der Waals surface area (Å²) in [6, 6.07) is 12.4. The van der Waals surface area contributed by atoms with Crippen LogP contribution in [0.1, 0.15) is 49.7 Å². The highest BCUT2D eigenvalue weighted by molar-refractivity contribution is 6.32. The summed E-state index contributed by atoms with van der Waals surface area (Å²) in [7, 11) is 0. The van der Waals surface area contributed by atoms with Gasteiger partial charge in [-0.3, -0.25) is 4.79 Å². The second kappa shape index (κ2) is 12.6. The smallest absolute Gasteiger partial charge is 0.404 e. The quantitative estimate of drug-likeness (QED) is 0.292. The number of ether oxygens (including phenoxy) is 1. The number of nitrogens with two attached hydrogens (primary N) is 1. The molecule has 10 heteroatoms. The van der Waals surface area contributed by atoms with E-state index in [4.69, 9.17) is 27.2 Å². The van der Waals surface area contributed by atoms with Crippen LogP contribution in [0.2, 0.25) is 5.02 Å². The van der Waals surface area contributed by atoms with Crippen LogP contribution in [-0.4, -0.2) is 64.0 Å². The summed E-state index contributed by atoms with van der Waals surface area (Å²) in [5, 5.41) is 34.3. The van der Waals surface area contributed by atoms with Crippen LogP contribution in [0.4, 0.5) is 4.79 Å². The SMILES string of the molecule is Cc1ccccc1Oc1c(Cl)cccc1C(O)(CCCNC(=O)O)C1CCCN(C(=O)C2CC(N)C(O)C2)C1. The number of likely N-dealkylation sites (tertiary alicyclic amines) is 1. The predicted octanol–water partition coefficient (Wildman–Crippen LogP) is 4.01. The van der Waals surface area contributed by atoms with E-state index in [1.165, 1.54) is 0 Å². The highest BCUT2D eigenvalue weighted by Gasteiger charge is 2.45. The molecule has 0 spiro atoms. The number of amides is 2. The Hall–Kier alpha value is -2.85. The van der Waals surface area contributed by atoms with Crippen LogP contribution in [0, 0.1) is 18.8 Å². The first kappa shape index (κ1) is 29.1. The number of carbonyl (C=O) groups is 2. The van der Waals surface area contributed by atoms with Crippen LogP contribution >= 0.6 is 11.6 Å². The van der Waals surface area contributed by atoms with Gasteiger partial charge in [0.05, 0.1) is 16.7 Å². The van der Waals surface area contributed by atoms with Gasteiger partial charge < -0.3 is 36.0 Å². The number of halogens is 1. The van der Waals surface area contributed by atoms with Crippen molar-refractivity contribution in [1.29, 1.82) is 0 Å². The zero-order valence-corrected chi connectivity index (χ0v) is 22.9. The Kier molecular flexibility index (Phi) is 9.38. The van der Waals surface area contributed by atoms with E-state index >= 15 is 0 Å². The topological polar surface area (TPSA) is 145 Å². The van der Waals surface area contributed by atoms with Crippen LogP contribution in [0.3, 0.4) is 0 Å². The van der Waals surface area contributed by atoms with E-state index in [2.05, 4.69) is 5.32 Å². The van der Waals surface area contributed by atoms with Crippen molar-refractivity contribution in [1.82, 2.24) is 10.2 Å². The fourth-order valence-corrected chi connectivity index (χ4v) is 6.13. The predicted molar refractivity (Wildman–Crippen MR) is 148 cm³/mol. The molecule has 2 aromatic rings. The van der Waals surface area contributed by atoms with Crippen molar-refractivity contribution in [2.45, 2.75) is 63.2 Å². The zero-order valence-electron chi connectivity index (χ0n) is 22.2. The van der Waals surface area contributed by atoms with Gasteiger partial charge in [-0.15, -0.1) is 0 Å². The number of piperidine rings is 1. The maximum atomic E-state index is 13.4. The van der Waals surface area contributed by atoms with E-state index in [-0.39, 0.29) is 30.7 Å². The molecule has 0 radical (unpaired) electrons. The highest BCUT2D eigenvalue weighted by Crippen LogP contribution is 2.47. The molecule has 2 aromatic carbocycles. The maximum absolute atomic E-state index is 13.4. The zero-order chi connectivity index (χ0) is 28.2. The van der Waals surface area contributed by atoms with E-state index < -0.39 is 23.8 Å². The Morgan fingerprint density at radius 1 is 1.21 bits per heavy atom. The monoisotopic (exact) mass is 559 g/mol. The lowest BCUT2D eigenvalue weighted by atomic mass is 9.73. The van der Waals surface area contributed by atoms with Crippen molar-refractivity contribution in [3.63, 3.8) is 0 Å². The van der Waals surface area contributed by atoms with Crippen LogP contribution < -0.4 is 15.8 Å². The molecule has 39 heavy (non-hydrogen) atoms. The lowest BCUT2D eigenvalue weighted by Gasteiger charge is -2.44. The molecule has 2 amide bonds. The molecule has 1 aliphatic heterocycles. The maximum Gasteiger partial charge on any atom is 0.404 e. The fourth-order valence-electron chi connectivity index (χ4n) is 5.92. The minimum Gasteiger partial charge on any atom is -0.465 e. The number of nitrogens with one attached hydrogen (secondary N) is 1. The van der Waals surface area contributed by atoms with Gasteiger partial charge in [0.2, 0.25) is 5.91 Å². The summed E-state index contributed by atoms with van der Waals surface area (Å²) >= 11 is 6.65. The third-order valence-electron chi connectivity index (χ3n) is 8.08. The summed E-state index contributed by atoms with van der Waals surface area (Å²) in [6.45, 7) is 2.97. The molecular weight excluding hydrogens is 522 g/mol. The number of aliphatic hydroxyl groups excluding tert-OH is 1. The van der Waals surface area contributed by atoms with Gasteiger partial charge in [-0.1, -0.05) is 41.9 Å². The molecule has 2 aliphatic rings. The highest BCUT2D eigenvalue weighted by atomic mass is 35.5. The normalized spacial score (nSPS) is 24.7. The molecule has 4 rings (SSSR count). The molecular formula is C29H38ClN3O6. The van der Waals surface area contributed by atoms with E-state index in [1.54, 1.807) is 23.1 Å². The third kappa shape index (κ3) is 6.66. The molecule has 0 aromatic heterocycles. The standard InChI is InChI=1S/C29H38ClN3O6/c1-18-7-2-3-11-25(18)39-26-21(9-4-10-22(26)30)29(38,12-6-13-32-28(36)37)20-8-5-14-33(17-20)27(35)19-15-23(31)24(34)16-19/h2-4,7,9-11,19-20,23-24,32,34,38H,5-6,8,12-17,31H2,1H3,(H,36,37). The van der Waals surface area contributed by atoms with Crippen molar-refractivity contribution >= 4 is 23.6 Å². The van der Waals surface area contributed by atoms with Crippen molar-refractivity contribution in [2.75, 3.05) is 19.6 Å². The number of para-hydroxylation sites is 2. The first-order chi connectivity index (χ1) is 18.6. The van der Waals surface area contributed by atoms with Gasteiger partial charge in [-0.25, -0.2) is 4.79 Å². The average molecular weight is 560 g/mol. The second-order valence-corrected chi connectivity index (χ2v) is 11.2. The third-order valence-corrected chi connectivity index (χ3v) is 8.38. The first-order valence-electron chi connectivity index (χ1n) is 13.5. The number of nitrogens with zero attached hydrogens (tertiary/aromatic N) is 1. The summed E-state index contributed by atoms with van der Waals surface area (Å²) < 4.78 is 6.31. The number of carboxylic acid groups (broad SMARTS) is 1. The number of aliphatic hydroxyl groups is 2. The lowest BCUT2D eigenvalue weighted by molar-refractivity contribution is -0.141. The number of carbonyl (C=O) groups excluding carboxylic acids is 1. The number of benzene rings is 2. The van der Waals surface area contributed by atoms with Crippen molar-refractivity contribution in [2.24, 2.45) is 17.6 Å². The molecule has 212 valence electrons. The van der Waals surface area contributed by atoms with Crippen molar-refractivity contribution < 1.29 is 29.6 Å². The summed E-state index contributed by atoms with van der Waals surface area (Å²) in [6.07, 6.45) is 0.925. The van der Waals surface area contributed by atoms with Crippen molar-refractivity contribution in [3.05, 3.63) is 58.6 Å². The van der Waals surface area contributed by atoms with Gasteiger partial charge in [0.15, 0.2) is 5.75 Å². The Labute approximate surface area is 233 Å². The molecule has 1 saturated heterocycles. The first-order valence-corrected chi connectivity index (χ1v) is 13.9. The molecule has 1 heterocycles. The van der Waals surface area contributed by atoms with Gasteiger partial charge in [0.1, 0.15) is 5.75 Å². The molecule has 5 atom stereocenters. The second-order valence-electron chi connectivity index (χ2n) is 10.8. The molecule has 1 saturated carbocycles. The van der Waals surface area contributed by atoms with Gasteiger partial charge >= 0.3 is 6.09 Å². The Morgan fingerprint density at radius 2 is 1.97 bits per heavy atom. The molecule has 5 unspecified atom stereocenters. The van der Waals surface area contributed by atoms with Crippen LogP contribution in [0.5, 0.6) is 11.5 Å². The van der Waals surface area contributed by atoms with Gasteiger partial charge in [0.25, 0.3) is 0 Å². The molecule has 6 N–H and O–H groups in total. The minimum absolute atomic E-state index is 0.0518. The molecule has 9 nitrogen and oxygen atoms in total. The summed E-state index contributed by atoms with van der Waals surface area (Å²) in [4.78, 5) is 26.2. The van der Waals surface area contributed by atoms with Crippen LogP contribution in [0.25, 0.3) is 0 Å². The van der Waals surface area contributed by atoms with E-state index in [9.17, 15) is 19.8 Å². The molecule has 1 aliphatic carbocycles. The molecule has 0 bridgehead atoms. The fraction of sp³-hybridized carbons (Fsp3) is 0.517. The van der Waals surface area contributed by atoms with E-state index in [0.29, 0.717) is 67.3 Å². The summed E-state index contributed by atoms with van der Waals surface area (Å²) in [5.74, 6) is 0.211. The number of rotatable bonds is 9. The van der Waals surface area contributed by atoms with Gasteiger partial charge in [-0.2, -0.15) is 0 Å². The number of aryl methyl sites for hydroxylation is 1. The number of hydrogen-bond acceptors (Lipinski definition) is 6. The largest absolute Gasteiger partial charge is 0.465 e. The summed E-state index contributed by atoms with van der Waals surface area (Å²) in [5.41, 5.74) is 5.93. The van der Waals surface area contributed by atoms with Gasteiger partial charge in [0, 0.05) is 43.1 Å². The average Bonchev–Trinajstić information content (AvgIpc) is 3.26. The van der Waals surface area contributed by atoms with Crippen LogP contribution in [-0.2, 0) is 10.4 Å². The van der Waals surface area contributed by atoms with E-state index in [0.717, 1.165) is 5.56 Å². The molecule has 2 fully saturated rings. The number of hydrogen-bond donors (Lipinski definition) is 5. The Balaban J connectivity index is 1.65. The minimum atomic E-state index is -1.45. The Morgan fingerprint density at radius 3 is 2.67 bits per heavy atom. The van der Waals surface area contributed by atoms with Crippen molar-refractivity contribution in [3.8, 4) is 11.5 Å². The Bertz CT molecular complexity index is 1170. The van der Waals surface area contributed by atoms with E-state index in [1.807, 2.05) is 31.2 Å². The van der Waals surface area contributed by atoms with Gasteiger partial charge in [-0.05, 0) is 63.1 Å². The lowest BCUT2D eigenvalue weighted by Crippen LogP contribution is -2.49. The van der Waals surface area contributed by atoms with Crippen LogP contribution in [0.15, 0.2) is 42.5 Å².